The number of carbonyl (C=O) groups is 1. The van der Waals surface area contributed by atoms with E-state index in [0.29, 0.717) is 22.5 Å². The number of halogens is 1. The number of nitrogens with zero attached hydrogens (tertiary/aromatic N) is 3. The minimum absolute atomic E-state index is 0.261. The Morgan fingerprint density at radius 3 is 2.50 bits per heavy atom. The molecule has 0 aliphatic heterocycles. The van der Waals surface area contributed by atoms with Gasteiger partial charge in [-0.3, -0.25) is 4.79 Å². The summed E-state index contributed by atoms with van der Waals surface area (Å²) in [5.74, 6) is 0.246. The monoisotopic (exact) mass is 436 g/mol. The highest BCUT2D eigenvalue weighted by Gasteiger charge is 2.14. The van der Waals surface area contributed by atoms with Gasteiger partial charge in [0, 0.05) is 10.2 Å². The Morgan fingerprint density at radius 1 is 1.00 bits per heavy atom. The van der Waals surface area contributed by atoms with Crippen LogP contribution in [-0.4, -0.2) is 28.0 Å². The first-order valence-electron chi connectivity index (χ1n) is 8.62. The van der Waals surface area contributed by atoms with E-state index in [2.05, 4.69) is 31.4 Å². The normalized spacial score (nSPS) is 10.8. The molecular formula is C21H17BrN4O2. The van der Waals surface area contributed by atoms with Crippen LogP contribution in [0.25, 0.3) is 16.7 Å². The van der Waals surface area contributed by atoms with Gasteiger partial charge >= 0.3 is 0 Å². The Kier molecular flexibility index (Phi) is 4.83. The van der Waals surface area contributed by atoms with Gasteiger partial charge in [-0.05, 0) is 55.5 Å². The van der Waals surface area contributed by atoms with Gasteiger partial charge in [0.25, 0.3) is 5.91 Å². The van der Waals surface area contributed by atoms with Crippen molar-refractivity contribution in [3.05, 3.63) is 76.3 Å². The summed E-state index contributed by atoms with van der Waals surface area (Å²) in [7, 11) is 1.54. The molecule has 1 heterocycles. The van der Waals surface area contributed by atoms with Crippen LogP contribution in [0.1, 0.15) is 15.9 Å². The van der Waals surface area contributed by atoms with Crippen LogP contribution in [0.4, 0.5) is 5.69 Å². The molecule has 0 aliphatic carbocycles. The molecule has 28 heavy (non-hydrogen) atoms. The summed E-state index contributed by atoms with van der Waals surface area (Å²) in [5, 5.41) is 11.9. The Labute approximate surface area is 170 Å². The largest absolute Gasteiger partial charge is 0.496 e. The van der Waals surface area contributed by atoms with Crippen LogP contribution in [0.3, 0.4) is 0 Å². The highest BCUT2D eigenvalue weighted by molar-refractivity contribution is 9.10. The predicted molar refractivity (Wildman–Crippen MR) is 112 cm³/mol. The SMILES string of the molecule is COc1ccc(Br)cc1C(=O)Nc1ccc2nn(-c3ccc(C)cc3)nc2c1. The highest BCUT2D eigenvalue weighted by atomic mass is 79.9. The first kappa shape index (κ1) is 18.2. The zero-order chi connectivity index (χ0) is 19.7. The van der Waals surface area contributed by atoms with Gasteiger partial charge in [0.05, 0.1) is 18.4 Å². The number of nitrogens with one attached hydrogen (secondary N) is 1. The third kappa shape index (κ3) is 3.61. The van der Waals surface area contributed by atoms with Gasteiger partial charge in [-0.2, -0.15) is 4.80 Å². The predicted octanol–water partition coefficient (Wildman–Crippen LogP) is 4.75. The average Bonchev–Trinajstić information content (AvgIpc) is 3.11. The summed E-state index contributed by atoms with van der Waals surface area (Å²) in [5.41, 5.74) is 4.58. The first-order valence-corrected chi connectivity index (χ1v) is 9.42. The van der Waals surface area contributed by atoms with Crippen molar-refractivity contribution in [2.45, 2.75) is 6.92 Å². The molecule has 0 radical (unpaired) electrons. The lowest BCUT2D eigenvalue weighted by molar-refractivity contribution is 0.102. The Hall–Kier alpha value is -3.19. The summed E-state index contributed by atoms with van der Waals surface area (Å²) < 4.78 is 6.08. The van der Waals surface area contributed by atoms with Gasteiger partial charge < -0.3 is 10.1 Å². The fourth-order valence-electron chi connectivity index (χ4n) is 2.84. The zero-order valence-corrected chi connectivity index (χ0v) is 16.9. The van der Waals surface area contributed by atoms with Crippen LogP contribution < -0.4 is 10.1 Å². The molecule has 0 spiro atoms. The van der Waals surface area contributed by atoms with E-state index in [0.717, 1.165) is 15.7 Å². The van der Waals surface area contributed by atoms with Gasteiger partial charge in [-0.15, -0.1) is 10.2 Å². The Morgan fingerprint density at radius 2 is 1.75 bits per heavy atom. The topological polar surface area (TPSA) is 69.0 Å². The molecule has 0 saturated heterocycles. The minimum Gasteiger partial charge on any atom is -0.496 e. The minimum atomic E-state index is -0.261. The number of rotatable bonds is 4. The summed E-state index contributed by atoms with van der Waals surface area (Å²) in [4.78, 5) is 14.3. The molecular weight excluding hydrogens is 420 g/mol. The van der Waals surface area contributed by atoms with E-state index in [9.17, 15) is 4.79 Å². The molecule has 1 aromatic heterocycles. The average molecular weight is 437 g/mol. The number of ether oxygens (including phenoxy) is 1. The lowest BCUT2D eigenvalue weighted by Crippen LogP contribution is -2.13. The fourth-order valence-corrected chi connectivity index (χ4v) is 3.20. The number of hydrogen-bond donors (Lipinski definition) is 1. The summed E-state index contributed by atoms with van der Waals surface area (Å²) in [6.07, 6.45) is 0. The second kappa shape index (κ2) is 7.44. The lowest BCUT2D eigenvalue weighted by atomic mass is 10.2. The number of hydrogen-bond acceptors (Lipinski definition) is 4. The third-order valence-corrected chi connectivity index (χ3v) is 4.80. The summed E-state index contributed by atoms with van der Waals surface area (Å²) >= 11 is 3.38. The number of benzene rings is 3. The number of fused-ring (bicyclic) bond motifs is 1. The number of amides is 1. The smallest absolute Gasteiger partial charge is 0.259 e. The van der Waals surface area contributed by atoms with Crippen molar-refractivity contribution >= 4 is 38.6 Å². The van der Waals surface area contributed by atoms with E-state index in [-0.39, 0.29) is 5.91 Å². The molecule has 4 aromatic rings. The van der Waals surface area contributed by atoms with Crippen molar-refractivity contribution in [1.82, 2.24) is 15.0 Å². The van der Waals surface area contributed by atoms with Gasteiger partial charge in [0.15, 0.2) is 0 Å². The molecule has 140 valence electrons. The number of aromatic nitrogens is 3. The maximum atomic E-state index is 12.7. The van der Waals surface area contributed by atoms with Crippen molar-refractivity contribution < 1.29 is 9.53 Å². The molecule has 0 aliphatic rings. The fraction of sp³-hybridized carbons (Fsp3) is 0.0952. The molecule has 0 saturated carbocycles. The highest BCUT2D eigenvalue weighted by Crippen LogP contribution is 2.25. The molecule has 1 N–H and O–H groups in total. The molecule has 1 amide bonds. The van der Waals surface area contributed by atoms with Crippen LogP contribution in [0.5, 0.6) is 5.75 Å². The zero-order valence-electron chi connectivity index (χ0n) is 15.3. The lowest BCUT2D eigenvalue weighted by Gasteiger charge is -2.09. The van der Waals surface area contributed by atoms with Gasteiger partial charge in [-0.1, -0.05) is 33.6 Å². The van der Waals surface area contributed by atoms with E-state index >= 15 is 0 Å². The summed E-state index contributed by atoms with van der Waals surface area (Å²) in [6.45, 7) is 2.03. The van der Waals surface area contributed by atoms with Gasteiger partial charge in [0.1, 0.15) is 16.8 Å². The van der Waals surface area contributed by atoms with Crippen LogP contribution >= 0.6 is 15.9 Å². The van der Waals surface area contributed by atoms with Crippen molar-refractivity contribution in [3.8, 4) is 11.4 Å². The molecule has 0 bridgehead atoms. The molecule has 0 atom stereocenters. The van der Waals surface area contributed by atoms with E-state index in [4.69, 9.17) is 4.74 Å². The van der Waals surface area contributed by atoms with Crippen molar-refractivity contribution in [3.63, 3.8) is 0 Å². The number of methoxy groups -OCH3 is 1. The molecule has 0 fully saturated rings. The number of carbonyl (C=O) groups excluding carboxylic acids is 1. The summed E-state index contributed by atoms with van der Waals surface area (Å²) in [6, 6.07) is 18.7. The molecule has 7 heteroatoms. The maximum Gasteiger partial charge on any atom is 0.259 e. The Bertz CT molecular complexity index is 1170. The molecule has 4 rings (SSSR count). The quantitative estimate of drug-likeness (QED) is 0.500. The Balaban J connectivity index is 1.62. The molecule has 3 aromatic carbocycles. The molecule has 0 unspecified atom stereocenters. The molecule has 6 nitrogen and oxygen atoms in total. The first-order chi connectivity index (χ1) is 13.5. The van der Waals surface area contributed by atoms with Crippen molar-refractivity contribution in [1.29, 1.82) is 0 Å². The van der Waals surface area contributed by atoms with E-state index in [1.54, 1.807) is 29.1 Å². The number of aryl methyl sites for hydroxylation is 1. The van der Waals surface area contributed by atoms with Gasteiger partial charge in [-0.25, -0.2) is 0 Å². The second-order valence-corrected chi connectivity index (χ2v) is 7.24. The van der Waals surface area contributed by atoms with E-state index in [1.165, 1.54) is 12.7 Å². The third-order valence-electron chi connectivity index (χ3n) is 4.31. The van der Waals surface area contributed by atoms with Crippen molar-refractivity contribution in [2.75, 3.05) is 12.4 Å². The maximum absolute atomic E-state index is 12.7. The van der Waals surface area contributed by atoms with E-state index < -0.39 is 0 Å². The van der Waals surface area contributed by atoms with Crippen LogP contribution in [0.15, 0.2) is 65.1 Å². The van der Waals surface area contributed by atoms with Gasteiger partial charge in [0.2, 0.25) is 0 Å². The van der Waals surface area contributed by atoms with Crippen molar-refractivity contribution in [2.24, 2.45) is 0 Å². The number of anilines is 1. The standard InChI is InChI=1S/C21H17BrN4O2/c1-13-3-7-16(8-4-13)26-24-18-9-6-15(12-19(18)25-26)23-21(27)17-11-14(22)5-10-20(17)28-2/h3-12H,1-2H3,(H,23,27). The second-order valence-electron chi connectivity index (χ2n) is 6.33. The van der Waals surface area contributed by atoms with Crippen LogP contribution in [-0.2, 0) is 0 Å². The van der Waals surface area contributed by atoms with Crippen LogP contribution in [0, 0.1) is 6.92 Å². The van der Waals surface area contributed by atoms with E-state index in [1.807, 2.05) is 43.3 Å². The van der Waals surface area contributed by atoms with Crippen LogP contribution in [0.2, 0.25) is 0 Å².